The van der Waals surface area contributed by atoms with Gasteiger partial charge in [0, 0.05) is 30.1 Å². The van der Waals surface area contributed by atoms with Crippen LogP contribution in [0, 0.1) is 0 Å². The Kier molecular flexibility index (Phi) is 7.51. The molecule has 2 aromatic carbocycles. The number of hydrogen-bond donors (Lipinski definition) is 3. The molecule has 0 radical (unpaired) electrons. The van der Waals surface area contributed by atoms with Gasteiger partial charge in [0.1, 0.15) is 11.5 Å². The van der Waals surface area contributed by atoms with E-state index in [1.165, 1.54) is 11.1 Å². The summed E-state index contributed by atoms with van der Waals surface area (Å²) in [5.74, 6) is -2.24. The fourth-order valence-electron chi connectivity index (χ4n) is 5.20. The standard InChI is InChI=1S/C25H28N2O2.C2H2O4/c28-24-10-9-19-5-1-2-6-21(19)25(24)12-16-27(17-13-25)15-4-18-29-23-8-3-7-22-20(23)11-14-26-22;3-1(4)2(5)6/h1-3,5-8,11,14,26H,4,9-10,12-13,15-18H2;(H,3,4)(H,5,6). The van der Waals surface area contributed by atoms with Crippen LogP contribution in [0.25, 0.3) is 10.9 Å². The normalized spacial score (nSPS) is 16.9. The summed E-state index contributed by atoms with van der Waals surface area (Å²) in [6.07, 6.45) is 6.46. The van der Waals surface area contributed by atoms with Crippen LogP contribution < -0.4 is 4.74 Å². The number of hydrogen-bond acceptors (Lipinski definition) is 5. The Balaban J connectivity index is 0.000000431. The first kappa shape index (κ1) is 24.5. The summed E-state index contributed by atoms with van der Waals surface area (Å²) in [6, 6.07) is 16.8. The Morgan fingerprint density at radius 1 is 0.971 bits per heavy atom. The van der Waals surface area contributed by atoms with E-state index >= 15 is 0 Å². The molecule has 2 heterocycles. The Hall–Kier alpha value is -3.65. The summed E-state index contributed by atoms with van der Waals surface area (Å²) < 4.78 is 6.04. The summed E-state index contributed by atoms with van der Waals surface area (Å²) in [7, 11) is 0. The summed E-state index contributed by atoms with van der Waals surface area (Å²) in [5.41, 5.74) is 3.57. The fourth-order valence-corrected chi connectivity index (χ4v) is 5.20. The lowest BCUT2D eigenvalue weighted by Gasteiger charge is -2.44. The molecule has 1 saturated heterocycles. The average molecular weight is 479 g/mol. The molecule has 184 valence electrons. The van der Waals surface area contributed by atoms with Crippen LogP contribution in [0.1, 0.15) is 36.8 Å². The van der Waals surface area contributed by atoms with Gasteiger partial charge in [-0.1, -0.05) is 30.3 Å². The lowest BCUT2D eigenvalue weighted by molar-refractivity contribution is -0.159. The van der Waals surface area contributed by atoms with Crippen LogP contribution in [0.3, 0.4) is 0 Å². The summed E-state index contributed by atoms with van der Waals surface area (Å²) in [5, 5.41) is 15.9. The molecule has 1 aromatic heterocycles. The largest absolute Gasteiger partial charge is 0.493 e. The first-order valence-corrected chi connectivity index (χ1v) is 11.9. The predicted octanol–water partition coefficient (Wildman–Crippen LogP) is 3.64. The van der Waals surface area contributed by atoms with Crippen molar-refractivity contribution >= 4 is 28.6 Å². The van der Waals surface area contributed by atoms with E-state index in [4.69, 9.17) is 24.5 Å². The number of aromatic amines is 1. The van der Waals surface area contributed by atoms with Gasteiger partial charge < -0.3 is 24.8 Å². The van der Waals surface area contributed by atoms with Gasteiger partial charge in [-0.25, -0.2) is 9.59 Å². The van der Waals surface area contributed by atoms with Gasteiger partial charge in [0.2, 0.25) is 0 Å². The molecule has 1 aliphatic heterocycles. The molecule has 5 rings (SSSR count). The fraction of sp³-hybridized carbons (Fsp3) is 0.370. The number of aromatic nitrogens is 1. The van der Waals surface area contributed by atoms with Crippen LogP contribution >= 0.6 is 0 Å². The molecule has 2 aliphatic rings. The van der Waals surface area contributed by atoms with Crippen LogP contribution in [0.5, 0.6) is 5.75 Å². The van der Waals surface area contributed by atoms with E-state index in [0.29, 0.717) is 18.8 Å². The highest BCUT2D eigenvalue weighted by atomic mass is 16.5. The number of carboxylic acids is 2. The zero-order valence-corrected chi connectivity index (χ0v) is 19.5. The van der Waals surface area contributed by atoms with Crippen LogP contribution in [0.15, 0.2) is 54.7 Å². The van der Waals surface area contributed by atoms with E-state index < -0.39 is 11.9 Å². The second-order valence-corrected chi connectivity index (χ2v) is 9.01. The van der Waals surface area contributed by atoms with Crippen molar-refractivity contribution in [2.75, 3.05) is 26.2 Å². The Morgan fingerprint density at radius 3 is 2.46 bits per heavy atom. The van der Waals surface area contributed by atoms with E-state index in [9.17, 15) is 4.79 Å². The number of aliphatic carboxylic acids is 2. The van der Waals surface area contributed by atoms with Crippen LogP contribution in [-0.2, 0) is 26.2 Å². The number of rotatable bonds is 5. The summed E-state index contributed by atoms with van der Waals surface area (Å²) in [4.78, 5) is 36.8. The van der Waals surface area contributed by atoms with E-state index in [0.717, 1.165) is 62.0 Å². The number of aryl methyl sites for hydroxylation is 1. The highest BCUT2D eigenvalue weighted by Gasteiger charge is 2.45. The predicted molar refractivity (Wildman–Crippen MR) is 131 cm³/mol. The minimum atomic E-state index is -1.82. The number of carbonyl (C=O) groups is 3. The summed E-state index contributed by atoms with van der Waals surface area (Å²) >= 11 is 0. The SMILES string of the molecule is O=C(O)C(=O)O.O=C1CCc2ccccc2C12CCN(CCCOc1cccc3[nH]ccc13)CC2. The lowest BCUT2D eigenvalue weighted by Crippen LogP contribution is -2.49. The maximum Gasteiger partial charge on any atom is 0.414 e. The number of ketones is 1. The topological polar surface area (TPSA) is 120 Å². The molecule has 0 bridgehead atoms. The van der Waals surface area contributed by atoms with Gasteiger partial charge in [0.05, 0.1) is 12.0 Å². The van der Waals surface area contributed by atoms with Crippen molar-refractivity contribution in [3.8, 4) is 5.75 Å². The van der Waals surface area contributed by atoms with E-state index in [-0.39, 0.29) is 5.41 Å². The number of carboxylic acid groups (broad SMARTS) is 2. The molecular formula is C27H30N2O6. The number of likely N-dealkylation sites (tertiary alicyclic amines) is 1. The number of H-pyrrole nitrogens is 1. The van der Waals surface area contributed by atoms with E-state index in [1.807, 2.05) is 18.3 Å². The number of carbonyl (C=O) groups excluding carboxylic acids is 1. The molecule has 8 heteroatoms. The minimum Gasteiger partial charge on any atom is -0.493 e. The van der Waals surface area contributed by atoms with Crippen molar-refractivity contribution in [1.82, 2.24) is 9.88 Å². The van der Waals surface area contributed by atoms with E-state index in [2.05, 4.69) is 46.3 Å². The Labute approximate surface area is 203 Å². The molecule has 3 N–H and O–H groups in total. The summed E-state index contributed by atoms with van der Waals surface area (Å²) in [6.45, 7) is 3.73. The maximum atomic E-state index is 12.9. The highest BCUT2D eigenvalue weighted by Crippen LogP contribution is 2.42. The Morgan fingerprint density at radius 2 is 1.71 bits per heavy atom. The number of ether oxygens (including phenoxy) is 1. The third-order valence-electron chi connectivity index (χ3n) is 7.01. The van der Waals surface area contributed by atoms with Gasteiger partial charge in [-0.3, -0.25) is 4.79 Å². The molecule has 35 heavy (non-hydrogen) atoms. The van der Waals surface area contributed by atoms with Crippen LogP contribution in [-0.4, -0.2) is 64.1 Å². The number of nitrogens with one attached hydrogen (secondary N) is 1. The number of nitrogens with zero attached hydrogens (tertiary/aromatic N) is 1. The van der Waals surface area contributed by atoms with Crippen molar-refractivity contribution in [2.24, 2.45) is 0 Å². The van der Waals surface area contributed by atoms with Gasteiger partial charge in [-0.15, -0.1) is 0 Å². The van der Waals surface area contributed by atoms with Crippen molar-refractivity contribution < 1.29 is 29.3 Å². The monoisotopic (exact) mass is 478 g/mol. The molecular weight excluding hydrogens is 448 g/mol. The van der Waals surface area contributed by atoms with Gasteiger partial charge >= 0.3 is 11.9 Å². The van der Waals surface area contributed by atoms with Crippen LogP contribution in [0.4, 0.5) is 0 Å². The van der Waals surface area contributed by atoms with Crippen LogP contribution in [0.2, 0.25) is 0 Å². The lowest BCUT2D eigenvalue weighted by atomic mass is 9.64. The first-order valence-electron chi connectivity index (χ1n) is 11.9. The van der Waals surface area contributed by atoms with Gasteiger partial charge in [-0.05, 0) is 68.1 Å². The molecule has 0 amide bonds. The Bertz CT molecular complexity index is 1200. The second-order valence-electron chi connectivity index (χ2n) is 9.01. The van der Waals surface area contributed by atoms with E-state index in [1.54, 1.807) is 0 Å². The zero-order valence-electron chi connectivity index (χ0n) is 19.5. The minimum absolute atomic E-state index is 0.230. The third kappa shape index (κ3) is 5.38. The first-order chi connectivity index (χ1) is 16.9. The van der Waals surface area contributed by atoms with Crippen molar-refractivity contribution in [3.05, 3.63) is 65.9 Å². The number of fused-ring (bicyclic) bond motifs is 3. The third-order valence-corrected chi connectivity index (χ3v) is 7.01. The van der Waals surface area contributed by atoms with Gasteiger partial charge in [-0.2, -0.15) is 0 Å². The number of Topliss-reactive ketones (excluding diaryl/α,β-unsaturated/α-hetero) is 1. The number of benzene rings is 2. The average Bonchev–Trinajstić information content (AvgIpc) is 3.35. The molecule has 1 aliphatic carbocycles. The van der Waals surface area contributed by atoms with Crippen molar-refractivity contribution in [1.29, 1.82) is 0 Å². The zero-order chi connectivity index (χ0) is 24.8. The molecule has 1 fully saturated rings. The van der Waals surface area contributed by atoms with Crippen molar-refractivity contribution in [3.63, 3.8) is 0 Å². The van der Waals surface area contributed by atoms with Gasteiger partial charge in [0.25, 0.3) is 0 Å². The smallest absolute Gasteiger partial charge is 0.414 e. The molecule has 0 atom stereocenters. The molecule has 0 unspecified atom stereocenters. The molecule has 8 nitrogen and oxygen atoms in total. The van der Waals surface area contributed by atoms with Crippen molar-refractivity contribution in [2.45, 2.75) is 37.5 Å². The van der Waals surface area contributed by atoms with Gasteiger partial charge in [0.15, 0.2) is 0 Å². The maximum absolute atomic E-state index is 12.9. The molecule has 1 spiro atoms. The second kappa shape index (κ2) is 10.7. The molecule has 0 saturated carbocycles. The molecule has 3 aromatic rings. The number of piperidine rings is 1. The highest BCUT2D eigenvalue weighted by molar-refractivity contribution is 6.27. The quantitative estimate of drug-likeness (QED) is 0.378.